The van der Waals surface area contributed by atoms with E-state index in [0.717, 1.165) is 37.3 Å². The van der Waals surface area contributed by atoms with E-state index in [9.17, 15) is 0 Å². The minimum absolute atomic E-state index is 0.389. The van der Waals surface area contributed by atoms with Gasteiger partial charge in [0.05, 0.1) is 5.39 Å². The van der Waals surface area contributed by atoms with Crippen molar-refractivity contribution >= 4 is 27.4 Å². The van der Waals surface area contributed by atoms with Gasteiger partial charge >= 0.3 is 0 Å². The van der Waals surface area contributed by atoms with Crippen LogP contribution >= 0.6 is 11.3 Å². The van der Waals surface area contributed by atoms with E-state index in [1.54, 1.807) is 0 Å². The van der Waals surface area contributed by atoms with Gasteiger partial charge in [0.15, 0.2) is 0 Å². The fourth-order valence-electron chi connectivity index (χ4n) is 3.66. The minimum Gasteiger partial charge on any atom is -0.367 e. The zero-order valence-electron chi connectivity index (χ0n) is 12.5. The quantitative estimate of drug-likeness (QED) is 0.894. The molecule has 1 fully saturated rings. The van der Waals surface area contributed by atoms with Crippen molar-refractivity contribution in [3.05, 3.63) is 16.3 Å². The Morgan fingerprint density at radius 2 is 1.95 bits per heavy atom. The molecule has 0 spiro atoms. The number of anilines is 1. The Bertz CT molecular complexity index is 670. The van der Waals surface area contributed by atoms with Crippen molar-refractivity contribution in [2.75, 3.05) is 5.32 Å². The molecule has 2 aliphatic carbocycles. The first kappa shape index (κ1) is 13.5. The number of nitrogens with one attached hydrogen (secondary N) is 1. The third-order valence-corrected chi connectivity index (χ3v) is 5.97. The number of aromatic nitrogens is 2. The van der Waals surface area contributed by atoms with Crippen LogP contribution in [0.15, 0.2) is 0 Å². The van der Waals surface area contributed by atoms with E-state index in [-0.39, 0.29) is 0 Å². The van der Waals surface area contributed by atoms with Gasteiger partial charge in [-0.05, 0) is 57.4 Å². The first-order chi connectivity index (χ1) is 10.2. The van der Waals surface area contributed by atoms with Gasteiger partial charge in [0.25, 0.3) is 0 Å². The second kappa shape index (κ2) is 5.21. The van der Waals surface area contributed by atoms with Crippen LogP contribution in [0.3, 0.4) is 0 Å². The lowest BCUT2D eigenvalue weighted by molar-refractivity contribution is 0.410. The summed E-state index contributed by atoms with van der Waals surface area (Å²) in [7, 11) is 0. The largest absolute Gasteiger partial charge is 0.367 e. The number of hydrogen-bond acceptors (Lipinski definition) is 5. The summed E-state index contributed by atoms with van der Waals surface area (Å²) in [6.07, 6.45) is 8.22. The second-order valence-corrected chi connectivity index (χ2v) is 7.50. The number of rotatable bonds is 2. The number of aryl methyl sites for hydroxylation is 3. The molecule has 0 bridgehead atoms. The third-order valence-electron chi connectivity index (χ3n) is 4.79. The first-order valence-electron chi connectivity index (χ1n) is 8.01. The average Bonchev–Trinajstić information content (AvgIpc) is 3.01. The molecule has 0 aliphatic heterocycles. The predicted octanol–water partition coefficient (Wildman–Crippen LogP) is 3.17. The third kappa shape index (κ3) is 2.42. The Labute approximate surface area is 129 Å². The van der Waals surface area contributed by atoms with E-state index < -0.39 is 0 Å². The molecule has 0 amide bonds. The zero-order chi connectivity index (χ0) is 14.4. The van der Waals surface area contributed by atoms with E-state index in [1.807, 2.05) is 18.3 Å². The summed E-state index contributed by atoms with van der Waals surface area (Å²) in [4.78, 5) is 12.1. The van der Waals surface area contributed by atoms with Gasteiger partial charge in [-0.3, -0.25) is 0 Å². The molecule has 2 aromatic rings. The molecule has 21 heavy (non-hydrogen) atoms. The lowest BCUT2D eigenvalue weighted by Gasteiger charge is -2.27. The highest BCUT2D eigenvalue weighted by molar-refractivity contribution is 7.19. The molecule has 5 heteroatoms. The van der Waals surface area contributed by atoms with Gasteiger partial charge in [0, 0.05) is 17.0 Å². The van der Waals surface area contributed by atoms with Crippen molar-refractivity contribution in [3.63, 3.8) is 0 Å². The molecule has 3 N–H and O–H groups in total. The van der Waals surface area contributed by atoms with Crippen LogP contribution in [-0.4, -0.2) is 22.1 Å². The summed E-state index contributed by atoms with van der Waals surface area (Å²) in [5, 5.41) is 5.00. The second-order valence-electron chi connectivity index (χ2n) is 6.41. The van der Waals surface area contributed by atoms with Gasteiger partial charge in [-0.25, -0.2) is 9.97 Å². The Morgan fingerprint density at radius 3 is 2.76 bits per heavy atom. The summed E-state index contributed by atoms with van der Waals surface area (Å²) in [6, 6.07) is 0.903. The SMILES string of the molecule is Cc1nc(N[C@H]2CC[C@H](N)CC2)c2c3c(sc2n1)CCC3. The number of thiophene rings is 1. The molecule has 0 saturated heterocycles. The van der Waals surface area contributed by atoms with Crippen LogP contribution in [0.2, 0.25) is 0 Å². The maximum atomic E-state index is 6.01. The minimum atomic E-state index is 0.389. The van der Waals surface area contributed by atoms with Crippen LogP contribution in [-0.2, 0) is 12.8 Å². The number of fused-ring (bicyclic) bond motifs is 3. The van der Waals surface area contributed by atoms with Gasteiger partial charge in [-0.1, -0.05) is 0 Å². The molecule has 2 heterocycles. The van der Waals surface area contributed by atoms with Crippen LogP contribution in [0.5, 0.6) is 0 Å². The Kier molecular flexibility index (Phi) is 3.34. The summed E-state index contributed by atoms with van der Waals surface area (Å²) in [5.41, 5.74) is 7.52. The maximum Gasteiger partial charge on any atom is 0.139 e. The summed E-state index contributed by atoms with van der Waals surface area (Å²) >= 11 is 1.87. The van der Waals surface area contributed by atoms with Crippen molar-refractivity contribution in [1.82, 2.24) is 9.97 Å². The van der Waals surface area contributed by atoms with Crippen LogP contribution in [0.4, 0.5) is 5.82 Å². The van der Waals surface area contributed by atoms with E-state index >= 15 is 0 Å². The normalized spacial score (nSPS) is 25.2. The highest BCUT2D eigenvalue weighted by Gasteiger charge is 2.24. The lowest BCUT2D eigenvalue weighted by atomic mass is 9.92. The molecule has 1 saturated carbocycles. The molecule has 0 aromatic carbocycles. The van der Waals surface area contributed by atoms with Crippen molar-refractivity contribution < 1.29 is 0 Å². The topological polar surface area (TPSA) is 63.8 Å². The average molecular weight is 302 g/mol. The maximum absolute atomic E-state index is 6.01. The van der Waals surface area contributed by atoms with Crippen LogP contribution in [0, 0.1) is 6.92 Å². The highest BCUT2D eigenvalue weighted by Crippen LogP contribution is 2.40. The van der Waals surface area contributed by atoms with Crippen LogP contribution in [0.25, 0.3) is 10.2 Å². The van der Waals surface area contributed by atoms with Gasteiger partial charge in [0.2, 0.25) is 0 Å². The van der Waals surface area contributed by atoms with Crippen LogP contribution in [0.1, 0.15) is 48.4 Å². The van der Waals surface area contributed by atoms with E-state index in [0.29, 0.717) is 12.1 Å². The molecular weight excluding hydrogens is 280 g/mol. The molecular formula is C16H22N4S. The molecule has 0 radical (unpaired) electrons. The van der Waals surface area contributed by atoms with E-state index in [2.05, 4.69) is 10.3 Å². The molecule has 112 valence electrons. The smallest absolute Gasteiger partial charge is 0.139 e. The lowest BCUT2D eigenvalue weighted by Crippen LogP contribution is -2.33. The van der Waals surface area contributed by atoms with Crippen molar-refractivity contribution in [3.8, 4) is 0 Å². The molecule has 4 nitrogen and oxygen atoms in total. The van der Waals surface area contributed by atoms with E-state index in [1.165, 1.54) is 39.9 Å². The molecule has 4 rings (SSSR count). The molecule has 0 unspecified atom stereocenters. The van der Waals surface area contributed by atoms with Crippen molar-refractivity contribution in [2.45, 2.75) is 64.0 Å². The Morgan fingerprint density at radius 1 is 1.14 bits per heavy atom. The monoisotopic (exact) mass is 302 g/mol. The zero-order valence-corrected chi connectivity index (χ0v) is 13.3. The van der Waals surface area contributed by atoms with Crippen molar-refractivity contribution in [2.24, 2.45) is 5.73 Å². The van der Waals surface area contributed by atoms with E-state index in [4.69, 9.17) is 10.7 Å². The van der Waals surface area contributed by atoms with Gasteiger partial charge < -0.3 is 11.1 Å². The van der Waals surface area contributed by atoms with Crippen molar-refractivity contribution in [1.29, 1.82) is 0 Å². The fraction of sp³-hybridized carbons (Fsp3) is 0.625. The Hall–Kier alpha value is -1.20. The number of hydrogen-bond donors (Lipinski definition) is 2. The highest BCUT2D eigenvalue weighted by atomic mass is 32.1. The number of nitrogens with two attached hydrogens (primary N) is 1. The predicted molar refractivity (Wildman–Crippen MR) is 88.0 cm³/mol. The molecule has 0 atom stereocenters. The number of nitrogens with zero attached hydrogens (tertiary/aromatic N) is 2. The van der Waals surface area contributed by atoms with Crippen LogP contribution < -0.4 is 11.1 Å². The summed E-state index contributed by atoms with van der Waals surface area (Å²) in [5.74, 6) is 1.94. The first-order valence-corrected chi connectivity index (χ1v) is 8.83. The molecule has 2 aliphatic rings. The summed E-state index contributed by atoms with van der Waals surface area (Å²) < 4.78 is 0. The standard InChI is InChI=1S/C16H22N4S/c1-9-18-15(20-11-7-5-10(17)6-8-11)14-12-3-2-4-13(12)21-16(14)19-9/h10-11H,2-8,17H2,1H3,(H,18,19,20)/t10-,11-. The Balaban J connectivity index is 1.70. The van der Waals surface area contributed by atoms with Gasteiger partial charge in [-0.15, -0.1) is 11.3 Å². The summed E-state index contributed by atoms with van der Waals surface area (Å²) in [6.45, 7) is 1.99. The van der Waals surface area contributed by atoms with Gasteiger partial charge in [-0.2, -0.15) is 0 Å². The fourth-order valence-corrected chi connectivity index (χ4v) is 4.97. The molecule has 2 aromatic heterocycles. The van der Waals surface area contributed by atoms with Gasteiger partial charge in [0.1, 0.15) is 16.5 Å².